The molecule has 1 aliphatic heterocycles. The van der Waals surface area contributed by atoms with Crippen molar-refractivity contribution >= 4 is 0 Å². The summed E-state index contributed by atoms with van der Waals surface area (Å²) in [5.41, 5.74) is 3.44. The fourth-order valence-corrected chi connectivity index (χ4v) is 3.34. The van der Waals surface area contributed by atoms with Gasteiger partial charge in [-0.2, -0.15) is 0 Å². The highest BCUT2D eigenvalue weighted by Gasteiger charge is 2.23. The maximum atomic E-state index is 9.72. The fraction of sp³-hybridized carbons (Fsp3) is 0.429. The van der Waals surface area contributed by atoms with Crippen LogP contribution in [0.25, 0.3) is 0 Å². The zero-order chi connectivity index (χ0) is 18.0. The molecule has 0 bridgehead atoms. The van der Waals surface area contributed by atoms with Gasteiger partial charge >= 0.3 is 0 Å². The quantitative estimate of drug-likeness (QED) is 0.850. The number of ether oxygens (including phenoxy) is 2. The first-order valence-corrected chi connectivity index (χ1v) is 8.92. The van der Waals surface area contributed by atoms with Gasteiger partial charge in [-0.1, -0.05) is 12.1 Å². The summed E-state index contributed by atoms with van der Waals surface area (Å²) in [5.74, 6) is 2.21. The maximum absolute atomic E-state index is 9.72. The van der Waals surface area contributed by atoms with E-state index in [0.717, 1.165) is 35.6 Å². The van der Waals surface area contributed by atoms with E-state index < -0.39 is 0 Å². The Balaban J connectivity index is 1.82. The Morgan fingerprint density at radius 1 is 1.32 bits per heavy atom. The van der Waals surface area contributed by atoms with Crippen LogP contribution in [0.1, 0.15) is 43.5 Å². The van der Waals surface area contributed by atoms with Crippen molar-refractivity contribution < 1.29 is 14.6 Å². The summed E-state index contributed by atoms with van der Waals surface area (Å²) < 4.78 is 11.8. The van der Waals surface area contributed by atoms with Gasteiger partial charge in [0.25, 0.3) is 0 Å². The van der Waals surface area contributed by atoms with Gasteiger partial charge in [0.15, 0.2) is 0 Å². The molecule has 0 fully saturated rings. The average molecular weight is 341 g/mol. The summed E-state index contributed by atoms with van der Waals surface area (Å²) in [6.07, 6.45) is 1.16. The number of hydrogen-bond donors (Lipinski definition) is 1. The van der Waals surface area contributed by atoms with E-state index in [1.165, 1.54) is 5.56 Å². The van der Waals surface area contributed by atoms with Gasteiger partial charge in [-0.15, -0.1) is 0 Å². The Morgan fingerprint density at radius 2 is 2.12 bits per heavy atom. The van der Waals surface area contributed by atoms with E-state index in [1.807, 2.05) is 25.1 Å². The lowest BCUT2D eigenvalue weighted by atomic mass is 10.0. The molecule has 0 saturated heterocycles. The minimum Gasteiger partial charge on any atom is -0.508 e. The first kappa shape index (κ1) is 17.6. The monoisotopic (exact) mass is 341 g/mol. The normalized spacial score (nSPS) is 17.2. The standard InChI is InChI=1S/C21H27NO3/c1-5-24-20-11-17-9-14(2)25-21(17)12-18(20)13-22(4)15(3)16-7-6-8-19(23)10-16/h6-8,10-12,14-15,23H,5,9,13H2,1-4H3. The summed E-state index contributed by atoms with van der Waals surface area (Å²) in [6.45, 7) is 7.64. The number of benzene rings is 2. The molecule has 0 aromatic heterocycles. The molecule has 1 N–H and O–H groups in total. The molecule has 3 rings (SSSR count). The van der Waals surface area contributed by atoms with Crippen LogP contribution in [0.5, 0.6) is 17.2 Å². The number of fused-ring (bicyclic) bond motifs is 1. The summed E-state index contributed by atoms with van der Waals surface area (Å²) in [7, 11) is 2.08. The van der Waals surface area contributed by atoms with E-state index in [9.17, 15) is 5.11 Å². The van der Waals surface area contributed by atoms with Gasteiger partial charge in [-0.25, -0.2) is 0 Å². The van der Waals surface area contributed by atoms with Gasteiger partial charge in [-0.3, -0.25) is 4.90 Å². The van der Waals surface area contributed by atoms with Crippen molar-refractivity contribution in [3.63, 3.8) is 0 Å². The summed E-state index contributed by atoms with van der Waals surface area (Å²) in [5, 5.41) is 9.72. The topological polar surface area (TPSA) is 41.9 Å². The molecule has 2 unspecified atom stereocenters. The van der Waals surface area contributed by atoms with Crippen LogP contribution in [0.2, 0.25) is 0 Å². The van der Waals surface area contributed by atoms with Crippen LogP contribution in [-0.4, -0.2) is 29.8 Å². The SMILES string of the molecule is CCOc1cc2c(cc1CN(C)C(C)c1cccc(O)c1)OC(C)C2. The Morgan fingerprint density at radius 3 is 2.84 bits per heavy atom. The van der Waals surface area contributed by atoms with Crippen LogP contribution in [0, 0.1) is 0 Å². The number of nitrogens with zero attached hydrogens (tertiary/aromatic N) is 1. The molecule has 0 spiro atoms. The van der Waals surface area contributed by atoms with Crippen LogP contribution >= 0.6 is 0 Å². The predicted octanol–water partition coefficient (Wildman–Crippen LogP) is 4.31. The second-order valence-corrected chi connectivity index (χ2v) is 6.82. The van der Waals surface area contributed by atoms with Crippen LogP contribution in [0.15, 0.2) is 36.4 Å². The first-order chi connectivity index (χ1) is 12.0. The fourth-order valence-electron chi connectivity index (χ4n) is 3.34. The van der Waals surface area contributed by atoms with E-state index >= 15 is 0 Å². The lowest BCUT2D eigenvalue weighted by molar-refractivity contribution is 0.242. The van der Waals surface area contributed by atoms with Gasteiger partial charge in [0.2, 0.25) is 0 Å². The van der Waals surface area contributed by atoms with Crippen molar-refractivity contribution in [1.29, 1.82) is 0 Å². The number of phenolic OH excluding ortho intramolecular Hbond substituents is 1. The second-order valence-electron chi connectivity index (χ2n) is 6.82. The molecule has 4 nitrogen and oxygen atoms in total. The van der Waals surface area contributed by atoms with Gasteiger partial charge in [-0.05, 0) is 57.6 Å². The van der Waals surface area contributed by atoms with Crippen LogP contribution < -0.4 is 9.47 Å². The molecule has 134 valence electrons. The molecule has 2 atom stereocenters. The van der Waals surface area contributed by atoms with Crippen molar-refractivity contribution in [2.75, 3.05) is 13.7 Å². The number of rotatable bonds is 6. The molecule has 1 heterocycles. The molecule has 4 heteroatoms. The van der Waals surface area contributed by atoms with Crippen LogP contribution in [-0.2, 0) is 13.0 Å². The molecule has 0 aliphatic carbocycles. The van der Waals surface area contributed by atoms with E-state index in [2.05, 4.69) is 37.9 Å². The van der Waals surface area contributed by atoms with Crippen molar-refractivity contribution in [1.82, 2.24) is 4.90 Å². The second kappa shape index (κ2) is 7.36. The van der Waals surface area contributed by atoms with Crippen LogP contribution in [0.3, 0.4) is 0 Å². The van der Waals surface area contributed by atoms with Gasteiger partial charge in [0, 0.05) is 30.1 Å². The highest BCUT2D eigenvalue weighted by Crippen LogP contribution is 2.36. The average Bonchev–Trinajstić information content (AvgIpc) is 2.93. The van der Waals surface area contributed by atoms with Gasteiger partial charge < -0.3 is 14.6 Å². The maximum Gasteiger partial charge on any atom is 0.124 e. The largest absolute Gasteiger partial charge is 0.508 e. The Kier molecular flexibility index (Phi) is 5.19. The minimum atomic E-state index is 0.176. The smallest absolute Gasteiger partial charge is 0.124 e. The molecule has 0 saturated carbocycles. The minimum absolute atomic E-state index is 0.176. The molecule has 2 aromatic carbocycles. The Labute approximate surface area is 150 Å². The molecule has 1 aliphatic rings. The summed E-state index contributed by atoms with van der Waals surface area (Å²) in [4.78, 5) is 2.25. The zero-order valence-corrected chi connectivity index (χ0v) is 15.5. The predicted molar refractivity (Wildman–Crippen MR) is 99.4 cm³/mol. The Bertz CT molecular complexity index is 744. The third kappa shape index (κ3) is 3.90. The highest BCUT2D eigenvalue weighted by molar-refractivity contribution is 5.48. The van der Waals surface area contributed by atoms with E-state index in [4.69, 9.17) is 9.47 Å². The molecule has 25 heavy (non-hydrogen) atoms. The highest BCUT2D eigenvalue weighted by atomic mass is 16.5. The molecule has 2 aromatic rings. The van der Waals surface area contributed by atoms with E-state index in [-0.39, 0.29) is 12.1 Å². The third-order valence-electron chi connectivity index (χ3n) is 4.81. The van der Waals surface area contributed by atoms with E-state index in [1.54, 1.807) is 6.07 Å². The summed E-state index contributed by atoms with van der Waals surface area (Å²) in [6, 6.07) is 11.9. The molecular formula is C21H27NO3. The van der Waals surface area contributed by atoms with Crippen molar-refractivity contribution in [3.8, 4) is 17.2 Å². The van der Waals surface area contributed by atoms with Crippen molar-refractivity contribution in [3.05, 3.63) is 53.1 Å². The van der Waals surface area contributed by atoms with Crippen molar-refractivity contribution in [2.45, 2.75) is 45.9 Å². The number of phenols is 1. The lowest BCUT2D eigenvalue weighted by Gasteiger charge is -2.26. The van der Waals surface area contributed by atoms with Crippen molar-refractivity contribution in [2.24, 2.45) is 0 Å². The summed E-state index contributed by atoms with van der Waals surface area (Å²) >= 11 is 0. The third-order valence-corrected chi connectivity index (χ3v) is 4.81. The van der Waals surface area contributed by atoms with Gasteiger partial charge in [0.1, 0.15) is 23.4 Å². The molecule has 0 radical (unpaired) electrons. The Hall–Kier alpha value is -2.20. The van der Waals surface area contributed by atoms with Gasteiger partial charge in [0.05, 0.1) is 6.61 Å². The van der Waals surface area contributed by atoms with E-state index in [0.29, 0.717) is 12.4 Å². The van der Waals surface area contributed by atoms with Crippen LogP contribution in [0.4, 0.5) is 0 Å². The molecule has 0 amide bonds. The lowest BCUT2D eigenvalue weighted by Crippen LogP contribution is -2.22. The first-order valence-electron chi connectivity index (χ1n) is 8.92. The number of aromatic hydroxyl groups is 1. The zero-order valence-electron chi connectivity index (χ0n) is 15.5. The number of hydrogen-bond acceptors (Lipinski definition) is 4. The molecular weight excluding hydrogens is 314 g/mol.